The van der Waals surface area contributed by atoms with Crippen LogP contribution in [-0.2, 0) is 0 Å². The molecule has 3 rings (SSSR count). The Morgan fingerprint density at radius 1 is 1.20 bits per heavy atom. The van der Waals surface area contributed by atoms with Crippen LogP contribution in [0.2, 0.25) is 0 Å². The Hall–Kier alpha value is -2.40. The van der Waals surface area contributed by atoms with Gasteiger partial charge in [0.2, 0.25) is 5.91 Å². The highest BCUT2D eigenvalue weighted by Gasteiger charge is 2.08. The van der Waals surface area contributed by atoms with E-state index < -0.39 is 5.91 Å². The largest absolute Gasteiger partial charge is 0.497 e. The number of thiazole rings is 1. The third-order valence-electron chi connectivity index (χ3n) is 3.01. The second kappa shape index (κ2) is 4.94. The molecule has 0 unspecified atom stereocenters. The smallest absolute Gasteiger partial charge is 0.248 e. The number of hydrogen-bond acceptors (Lipinski definition) is 4. The number of carbonyl (C=O) groups excluding carboxylic acids is 1. The van der Waals surface area contributed by atoms with Gasteiger partial charge in [0.1, 0.15) is 10.8 Å². The lowest BCUT2D eigenvalue weighted by Crippen LogP contribution is -2.10. The number of nitrogens with zero attached hydrogens (tertiary/aromatic N) is 1. The van der Waals surface area contributed by atoms with Crippen molar-refractivity contribution >= 4 is 27.5 Å². The van der Waals surface area contributed by atoms with Crippen molar-refractivity contribution in [3.8, 4) is 16.3 Å². The van der Waals surface area contributed by atoms with Crippen LogP contribution < -0.4 is 10.5 Å². The molecule has 0 fully saturated rings. The van der Waals surface area contributed by atoms with Crippen LogP contribution in [0, 0.1) is 0 Å². The van der Waals surface area contributed by atoms with E-state index in [0.717, 1.165) is 26.5 Å². The Labute approximate surface area is 119 Å². The summed E-state index contributed by atoms with van der Waals surface area (Å²) in [6.07, 6.45) is 0. The van der Waals surface area contributed by atoms with Crippen LogP contribution in [0.3, 0.4) is 0 Å². The minimum Gasteiger partial charge on any atom is -0.497 e. The van der Waals surface area contributed by atoms with Gasteiger partial charge in [0.15, 0.2) is 0 Å². The summed E-state index contributed by atoms with van der Waals surface area (Å²) in [5, 5.41) is 0.907. The molecule has 0 aliphatic carbocycles. The normalized spacial score (nSPS) is 10.7. The minimum absolute atomic E-state index is 0.425. The minimum atomic E-state index is -0.425. The molecule has 0 spiro atoms. The van der Waals surface area contributed by atoms with Gasteiger partial charge in [-0.2, -0.15) is 0 Å². The average Bonchev–Trinajstić information content (AvgIpc) is 2.90. The number of amides is 1. The van der Waals surface area contributed by atoms with Crippen LogP contribution in [0.4, 0.5) is 0 Å². The fourth-order valence-corrected chi connectivity index (χ4v) is 2.95. The zero-order valence-electron chi connectivity index (χ0n) is 10.8. The van der Waals surface area contributed by atoms with Crippen molar-refractivity contribution in [2.24, 2.45) is 5.73 Å². The number of primary amides is 1. The van der Waals surface area contributed by atoms with Crippen LogP contribution in [0.25, 0.3) is 20.8 Å². The van der Waals surface area contributed by atoms with Gasteiger partial charge in [-0.05, 0) is 42.5 Å². The summed E-state index contributed by atoms with van der Waals surface area (Å²) in [6.45, 7) is 0. The molecule has 4 nitrogen and oxygen atoms in total. The van der Waals surface area contributed by atoms with Crippen LogP contribution in [0.1, 0.15) is 10.4 Å². The van der Waals surface area contributed by atoms with Gasteiger partial charge in [-0.15, -0.1) is 11.3 Å². The first-order valence-corrected chi connectivity index (χ1v) is 6.84. The summed E-state index contributed by atoms with van der Waals surface area (Å²) in [5.74, 6) is 0.386. The molecule has 0 aliphatic heterocycles. The monoisotopic (exact) mass is 284 g/mol. The first-order chi connectivity index (χ1) is 9.67. The zero-order chi connectivity index (χ0) is 14.1. The molecule has 5 heteroatoms. The lowest BCUT2D eigenvalue weighted by atomic mass is 10.2. The van der Waals surface area contributed by atoms with E-state index in [1.807, 2.05) is 30.3 Å². The summed E-state index contributed by atoms with van der Waals surface area (Å²) in [6, 6.07) is 13.0. The lowest BCUT2D eigenvalue weighted by molar-refractivity contribution is 0.100. The molecule has 0 aliphatic rings. The van der Waals surface area contributed by atoms with Gasteiger partial charge in [0, 0.05) is 11.1 Å². The van der Waals surface area contributed by atoms with Crippen molar-refractivity contribution in [3.05, 3.63) is 48.0 Å². The van der Waals surface area contributed by atoms with E-state index in [9.17, 15) is 4.79 Å². The molecule has 1 amide bonds. The number of nitrogens with two attached hydrogens (primary N) is 1. The first-order valence-electron chi connectivity index (χ1n) is 6.02. The van der Waals surface area contributed by atoms with E-state index in [0.29, 0.717) is 5.56 Å². The van der Waals surface area contributed by atoms with Gasteiger partial charge in [-0.25, -0.2) is 4.98 Å². The number of benzene rings is 2. The summed E-state index contributed by atoms with van der Waals surface area (Å²) in [4.78, 5) is 15.7. The topological polar surface area (TPSA) is 65.2 Å². The molecule has 3 aromatic rings. The maximum atomic E-state index is 11.2. The Morgan fingerprint density at radius 3 is 2.60 bits per heavy atom. The molecule has 0 saturated heterocycles. The van der Waals surface area contributed by atoms with E-state index in [2.05, 4.69) is 4.98 Å². The molecule has 2 N–H and O–H groups in total. The number of methoxy groups -OCH3 is 1. The predicted octanol–water partition coefficient (Wildman–Crippen LogP) is 3.07. The van der Waals surface area contributed by atoms with Crippen LogP contribution in [0.5, 0.6) is 5.75 Å². The fraction of sp³-hybridized carbons (Fsp3) is 0.0667. The predicted molar refractivity (Wildman–Crippen MR) is 80.1 cm³/mol. The van der Waals surface area contributed by atoms with Crippen molar-refractivity contribution < 1.29 is 9.53 Å². The molecular formula is C15H12N2O2S. The van der Waals surface area contributed by atoms with Gasteiger partial charge in [-0.3, -0.25) is 4.79 Å². The molecule has 20 heavy (non-hydrogen) atoms. The van der Waals surface area contributed by atoms with Crippen molar-refractivity contribution in [1.82, 2.24) is 4.98 Å². The van der Waals surface area contributed by atoms with Gasteiger partial charge in [0.25, 0.3) is 0 Å². The molecule has 2 aromatic carbocycles. The molecule has 1 heterocycles. The molecule has 0 saturated carbocycles. The second-order valence-electron chi connectivity index (χ2n) is 4.29. The van der Waals surface area contributed by atoms with E-state index in [4.69, 9.17) is 10.5 Å². The van der Waals surface area contributed by atoms with Crippen molar-refractivity contribution in [2.45, 2.75) is 0 Å². The van der Waals surface area contributed by atoms with E-state index >= 15 is 0 Å². The van der Waals surface area contributed by atoms with Crippen LogP contribution in [0.15, 0.2) is 42.5 Å². The fourth-order valence-electron chi connectivity index (χ4n) is 1.93. The van der Waals surface area contributed by atoms with Crippen LogP contribution >= 0.6 is 11.3 Å². The van der Waals surface area contributed by atoms with Crippen molar-refractivity contribution in [1.29, 1.82) is 0 Å². The van der Waals surface area contributed by atoms with E-state index in [1.54, 1.807) is 19.2 Å². The highest BCUT2D eigenvalue weighted by Crippen LogP contribution is 2.31. The van der Waals surface area contributed by atoms with Gasteiger partial charge in [0.05, 0.1) is 17.3 Å². The summed E-state index contributed by atoms with van der Waals surface area (Å²) < 4.78 is 6.09. The number of rotatable bonds is 3. The number of hydrogen-bond donors (Lipinski definition) is 1. The van der Waals surface area contributed by atoms with E-state index in [1.165, 1.54) is 11.3 Å². The van der Waals surface area contributed by atoms with Gasteiger partial charge < -0.3 is 10.5 Å². The van der Waals surface area contributed by atoms with Gasteiger partial charge in [-0.1, -0.05) is 0 Å². The van der Waals surface area contributed by atoms with Crippen molar-refractivity contribution in [2.75, 3.05) is 7.11 Å². The van der Waals surface area contributed by atoms with Crippen LogP contribution in [-0.4, -0.2) is 18.0 Å². The highest BCUT2D eigenvalue weighted by molar-refractivity contribution is 7.21. The molecule has 0 bridgehead atoms. The third-order valence-corrected chi connectivity index (χ3v) is 4.08. The third kappa shape index (κ3) is 2.23. The van der Waals surface area contributed by atoms with Crippen molar-refractivity contribution in [3.63, 3.8) is 0 Å². The molecule has 0 atom stereocenters. The molecule has 0 radical (unpaired) electrons. The Kier molecular flexibility index (Phi) is 3.12. The number of carbonyl (C=O) groups is 1. The average molecular weight is 284 g/mol. The number of aromatic nitrogens is 1. The Morgan fingerprint density at radius 2 is 1.95 bits per heavy atom. The zero-order valence-corrected chi connectivity index (χ0v) is 11.6. The first kappa shape index (κ1) is 12.6. The highest BCUT2D eigenvalue weighted by atomic mass is 32.1. The second-order valence-corrected chi connectivity index (χ2v) is 5.32. The van der Waals surface area contributed by atoms with Gasteiger partial charge >= 0.3 is 0 Å². The molecular weight excluding hydrogens is 272 g/mol. The molecule has 1 aromatic heterocycles. The molecule has 100 valence electrons. The summed E-state index contributed by atoms with van der Waals surface area (Å²) >= 11 is 1.54. The maximum Gasteiger partial charge on any atom is 0.248 e. The summed E-state index contributed by atoms with van der Waals surface area (Å²) in [5.41, 5.74) is 7.68. The number of fused-ring (bicyclic) bond motifs is 1. The SMILES string of the molecule is COc1ccc(-c2nc3ccc(C(N)=O)cc3s2)cc1. The standard InChI is InChI=1S/C15H12N2O2S/c1-19-11-5-2-9(3-6-11)15-17-12-7-4-10(14(16)18)8-13(12)20-15/h2-8H,1H3,(H2,16,18). The number of ether oxygens (including phenoxy) is 1. The lowest BCUT2D eigenvalue weighted by Gasteiger charge is -1.99. The maximum absolute atomic E-state index is 11.2. The summed E-state index contributed by atoms with van der Waals surface area (Å²) in [7, 11) is 1.64. The van der Waals surface area contributed by atoms with E-state index in [-0.39, 0.29) is 0 Å². The Bertz CT molecular complexity index is 778. The quantitative estimate of drug-likeness (QED) is 0.803. The Balaban J connectivity index is 2.05.